The molecule has 1 N–H and O–H groups in total. The van der Waals surface area contributed by atoms with Crippen LogP contribution in [0.15, 0.2) is 42.5 Å². The molecular formula is C23H32Cl2HfNOSi. The number of fused-ring (bicyclic) bond motifs is 3. The third-order valence-electron chi connectivity index (χ3n) is 6.48. The molecule has 1 aliphatic carbocycles. The molecule has 0 aromatic heterocycles. The van der Waals surface area contributed by atoms with E-state index in [9.17, 15) is 4.79 Å². The SMILES string of the molecule is CCCCC(CC)C(=O)[NH][Hf]([Cl])([Cl])([c]1cccc2c1Cc1ccccc1-2)[SiH](C)C. The van der Waals surface area contributed by atoms with Gasteiger partial charge in [0.15, 0.2) is 0 Å². The molecule has 29 heavy (non-hydrogen) atoms. The molecule has 6 heteroatoms. The van der Waals surface area contributed by atoms with Crippen molar-refractivity contribution in [2.45, 2.75) is 59.0 Å². The molecule has 0 bridgehead atoms. The molecule has 1 atom stereocenters. The second-order valence-corrected chi connectivity index (χ2v) is 63.9. The Labute approximate surface area is 184 Å². The summed E-state index contributed by atoms with van der Waals surface area (Å²) in [6, 6.07) is 14.8. The van der Waals surface area contributed by atoms with E-state index >= 15 is 0 Å². The molecule has 0 heterocycles. The zero-order valence-electron chi connectivity index (χ0n) is 17.9. The molecular weight excluding hydrogens is 584 g/mol. The summed E-state index contributed by atoms with van der Waals surface area (Å²) in [5.74, 6) is -1.54. The van der Waals surface area contributed by atoms with Gasteiger partial charge in [0, 0.05) is 0 Å². The quantitative estimate of drug-likeness (QED) is 0.305. The number of rotatable bonds is 8. The van der Waals surface area contributed by atoms with Gasteiger partial charge in [-0.2, -0.15) is 0 Å². The Morgan fingerprint density at radius 1 is 1.10 bits per heavy atom. The van der Waals surface area contributed by atoms with Crippen LogP contribution in [0, 0.1) is 5.92 Å². The Hall–Kier alpha value is -0.423. The van der Waals surface area contributed by atoms with Crippen LogP contribution in [0.1, 0.15) is 50.7 Å². The number of unbranched alkanes of at least 4 members (excludes halogenated alkanes) is 1. The van der Waals surface area contributed by atoms with Crippen LogP contribution in [0.4, 0.5) is 0 Å². The monoisotopic (exact) mass is 616 g/mol. The molecule has 2 nitrogen and oxygen atoms in total. The summed E-state index contributed by atoms with van der Waals surface area (Å²) in [5, 5.41) is 0. The van der Waals surface area contributed by atoms with Gasteiger partial charge in [0.1, 0.15) is 0 Å². The number of carbonyl (C=O) groups excluding carboxylic acids is 1. The van der Waals surface area contributed by atoms with E-state index in [0.717, 1.165) is 35.4 Å². The van der Waals surface area contributed by atoms with Crippen molar-refractivity contribution in [3.63, 3.8) is 0 Å². The number of nitrogens with one attached hydrogen (secondary N) is 1. The summed E-state index contributed by atoms with van der Waals surface area (Å²) < 4.78 is 4.44. The molecule has 0 fully saturated rings. The molecule has 1 amide bonds. The van der Waals surface area contributed by atoms with Crippen LogP contribution < -0.4 is 6.62 Å². The van der Waals surface area contributed by atoms with Crippen LogP contribution >= 0.6 is 17.2 Å². The number of hydrogen-bond acceptors (Lipinski definition) is 1. The second kappa shape index (κ2) is 8.98. The molecule has 3 rings (SSSR count). The van der Waals surface area contributed by atoms with E-state index < -0.39 is 21.6 Å². The van der Waals surface area contributed by atoms with Crippen LogP contribution in [-0.4, -0.2) is 11.9 Å². The Bertz CT molecular complexity index is 916. The number of carbonyl (C=O) groups is 1. The molecule has 0 radical (unpaired) electrons. The second-order valence-electron chi connectivity index (χ2n) is 8.64. The van der Waals surface area contributed by atoms with Gasteiger partial charge in [-0.25, -0.2) is 0 Å². The first kappa shape index (κ1) is 23.2. The van der Waals surface area contributed by atoms with Crippen molar-refractivity contribution in [1.29, 1.82) is 0 Å². The summed E-state index contributed by atoms with van der Waals surface area (Å²) in [4.78, 5) is 13.3. The summed E-state index contributed by atoms with van der Waals surface area (Å²) in [6.45, 7) is 8.64. The maximum atomic E-state index is 13.3. The molecule has 1 aliphatic rings. The van der Waals surface area contributed by atoms with Gasteiger partial charge in [0.05, 0.1) is 0 Å². The van der Waals surface area contributed by atoms with Gasteiger partial charge in [0.25, 0.3) is 0 Å². The molecule has 0 saturated heterocycles. The Kier molecular flexibility index (Phi) is 7.20. The van der Waals surface area contributed by atoms with Gasteiger partial charge in [-0.3, -0.25) is 0 Å². The summed E-state index contributed by atoms with van der Waals surface area (Å²) >= 11 is -4.84. The zero-order valence-corrected chi connectivity index (χ0v) is 24.2. The van der Waals surface area contributed by atoms with E-state index in [1.165, 1.54) is 22.3 Å². The van der Waals surface area contributed by atoms with Gasteiger partial charge in [-0.1, -0.05) is 0 Å². The van der Waals surface area contributed by atoms with Gasteiger partial charge < -0.3 is 0 Å². The zero-order chi connectivity index (χ0) is 21.3. The van der Waals surface area contributed by atoms with Crippen molar-refractivity contribution in [2.75, 3.05) is 0 Å². The molecule has 2 aromatic carbocycles. The van der Waals surface area contributed by atoms with E-state index in [4.69, 9.17) is 17.2 Å². The van der Waals surface area contributed by atoms with E-state index in [0.29, 0.717) is 0 Å². The minimum atomic E-state index is -4.84. The Morgan fingerprint density at radius 2 is 1.79 bits per heavy atom. The van der Waals surface area contributed by atoms with Crippen LogP contribution in [0.25, 0.3) is 11.1 Å². The number of amides is 1. The average Bonchev–Trinajstić information content (AvgIpc) is 3.07. The number of halogens is 2. The summed E-state index contributed by atoms with van der Waals surface area (Å²) in [7, 11) is 15.1. The fourth-order valence-corrected chi connectivity index (χ4v) is 30.0. The molecule has 2 aromatic rings. The van der Waals surface area contributed by atoms with E-state index in [1.807, 2.05) is 0 Å². The Morgan fingerprint density at radius 3 is 2.45 bits per heavy atom. The third-order valence-corrected chi connectivity index (χ3v) is 68.2. The van der Waals surface area contributed by atoms with Crippen LogP contribution in [0.5, 0.6) is 0 Å². The summed E-state index contributed by atoms with van der Waals surface area (Å²) in [5.41, 5.74) is 5.04. The molecule has 0 spiro atoms. The van der Waals surface area contributed by atoms with Gasteiger partial charge in [-0.05, 0) is 0 Å². The number of hydrogen-bond donors (Lipinski definition) is 1. The van der Waals surface area contributed by atoms with Gasteiger partial charge >= 0.3 is 186 Å². The standard InChI is InChI=1S/C13H9.C8H17NO.C2H7Si.2ClH.Hf/c1-3-7-12-10(5-1)9-11-6-2-4-8-13(11)12;1-3-5-6-7(4-2)8(9)10;1-3-2;;;/h1-5,7-8H,9H2;7H,3-6H2,1-2H3,(H2,9,10);3H,1-2H3;2*1H;/q;;;;;+3/p-3. The predicted octanol–water partition coefficient (Wildman–Crippen LogP) is 6.11. The molecule has 157 valence electrons. The molecule has 0 aliphatic heterocycles. The summed E-state index contributed by atoms with van der Waals surface area (Å²) in [6.07, 6.45) is 4.71. The van der Waals surface area contributed by atoms with Gasteiger partial charge in [-0.15, -0.1) is 0 Å². The molecule has 1 unspecified atom stereocenters. The predicted molar refractivity (Wildman–Crippen MR) is 126 cm³/mol. The van der Waals surface area contributed by atoms with Crippen LogP contribution in [-0.2, 0) is 26.8 Å². The minimum absolute atomic E-state index is 0.00958. The first-order chi connectivity index (χ1) is 13.7. The van der Waals surface area contributed by atoms with Crippen LogP contribution in [0.2, 0.25) is 13.1 Å². The first-order valence-corrected chi connectivity index (χ1v) is 32.4. The van der Waals surface area contributed by atoms with E-state index in [1.54, 1.807) is 0 Å². The van der Waals surface area contributed by atoms with E-state index in [2.05, 4.69) is 72.7 Å². The normalized spacial score (nSPS) is 15.3. The van der Waals surface area contributed by atoms with Crippen molar-refractivity contribution in [3.8, 4) is 11.1 Å². The van der Waals surface area contributed by atoms with Gasteiger partial charge in [0.2, 0.25) is 0 Å². The maximum absolute atomic E-state index is 13.3. The Balaban J connectivity index is 2.05. The third kappa shape index (κ3) is 4.33. The van der Waals surface area contributed by atoms with Crippen molar-refractivity contribution in [2.24, 2.45) is 5.92 Å². The van der Waals surface area contributed by atoms with Crippen molar-refractivity contribution < 1.29 is 20.4 Å². The van der Waals surface area contributed by atoms with Crippen LogP contribution in [0.3, 0.4) is 0 Å². The number of benzene rings is 2. The van der Waals surface area contributed by atoms with Crippen molar-refractivity contribution >= 4 is 32.4 Å². The van der Waals surface area contributed by atoms with Crippen molar-refractivity contribution in [3.05, 3.63) is 53.6 Å². The first-order valence-electron chi connectivity index (χ1n) is 10.8. The van der Waals surface area contributed by atoms with E-state index in [-0.39, 0.29) is 11.8 Å². The fourth-order valence-electron chi connectivity index (χ4n) is 4.41. The van der Waals surface area contributed by atoms with Crippen molar-refractivity contribution in [1.82, 2.24) is 3.30 Å². The fraction of sp³-hybridized carbons (Fsp3) is 0.435. The molecule has 0 saturated carbocycles. The topological polar surface area (TPSA) is 29.1 Å². The average molecular weight is 616 g/mol.